The largest absolute Gasteiger partial charge is 0.481 e. The van der Waals surface area contributed by atoms with Crippen molar-refractivity contribution in [1.82, 2.24) is 10.2 Å². The Morgan fingerprint density at radius 3 is 2.82 bits per heavy atom. The number of carboxylic acids is 1. The Morgan fingerprint density at radius 2 is 2.45 bits per heavy atom. The van der Waals surface area contributed by atoms with Gasteiger partial charge >= 0.3 is 5.97 Å². The van der Waals surface area contributed by atoms with Crippen LogP contribution in [0.5, 0.6) is 5.88 Å². The van der Waals surface area contributed by atoms with Crippen molar-refractivity contribution < 1.29 is 14.6 Å². The van der Waals surface area contributed by atoms with E-state index in [1.807, 2.05) is 0 Å². The molecule has 0 aliphatic rings. The topological polar surface area (TPSA) is 75.2 Å². The highest BCUT2D eigenvalue weighted by molar-refractivity contribution is 9.10. The summed E-state index contributed by atoms with van der Waals surface area (Å²) in [6.45, 7) is 0. The molecule has 0 saturated heterocycles. The molecule has 6 heteroatoms. The molecule has 1 aromatic rings. The summed E-state index contributed by atoms with van der Waals surface area (Å²) >= 11 is 2.96. The number of methoxy groups -OCH3 is 1. The highest BCUT2D eigenvalue weighted by Gasteiger charge is 2.18. The van der Waals surface area contributed by atoms with E-state index in [1.54, 1.807) is 0 Å². The number of aromatic nitrogens is 2. The second-order valence-corrected chi connectivity index (χ2v) is 2.48. The lowest BCUT2D eigenvalue weighted by atomic mass is 10.3. The van der Waals surface area contributed by atoms with Gasteiger partial charge in [0.2, 0.25) is 5.88 Å². The minimum Gasteiger partial charge on any atom is -0.481 e. The van der Waals surface area contributed by atoms with Gasteiger partial charge in [-0.15, -0.1) is 0 Å². The first-order chi connectivity index (χ1) is 5.16. The predicted octanol–water partition coefficient (Wildman–Crippen LogP) is 0.879. The first kappa shape index (κ1) is 8.06. The molecule has 0 atom stereocenters. The fourth-order valence-corrected chi connectivity index (χ4v) is 1.08. The van der Waals surface area contributed by atoms with E-state index in [4.69, 9.17) is 9.84 Å². The van der Waals surface area contributed by atoms with Gasteiger partial charge in [-0.2, -0.15) is 5.10 Å². The summed E-state index contributed by atoms with van der Waals surface area (Å²) in [6, 6.07) is 0. The van der Waals surface area contributed by atoms with Crippen LogP contribution in [0.4, 0.5) is 0 Å². The van der Waals surface area contributed by atoms with Crippen molar-refractivity contribution in [2.45, 2.75) is 0 Å². The van der Waals surface area contributed by atoms with Crippen LogP contribution in [0.15, 0.2) is 4.60 Å². The van der Waals surface area contributed by atoms with Crippen LogP contribution in [0.3, 0.4) is 0 Å². The van der Waals surface area contributed by atoms with Gasteiger partial charge in [0.15, 0.2) is 5.56 Å². The van der Waals surface area contributed by atoms with Gasteiger partial charge in [-0.1, -0.05) is 0 Å². The minimum atomic E-state index is -1.08. The summed E-state index contributed by atoms with van der Waals surface area (Å²) in [6.07, 6.45) is 0. The van der Waals surface area contributed by atoms with E-state index >= 15 is 0 Å². The van der Waals surface area contributed by atoms with Gasteiger partial charge in [0, 0.05) is 0 Å². The second kappa shape index (κ2) is 2.91. The summed E-state index contributed by atoms with van der Waals surface area (Å²) in [7, 11) is 1.37. The van der Waals surface area contributed by atoms with Crippen LogP contribution in [0.1, 0.15) is 10.4 Å². The van der Waals surface area contributed by atoms with Gasteiger partial charge in [0.05, 0.1) is 7.11 Å². The Morgan fingerprint density at radius 1 is 1.82 bits per heavy atom. The van der Waals surface area contributed by atoms with E-state index in [0.717, 1.165) is 0 Å². The van der Waals surface area contributed by atoms with Crippen molar-refractivity contribution in [1.29, 1.82) is 0 Å². The molecule has 0 aliphatic carbocycles. The predicted molar refractivity (Wildman–Crippen MR) is 39.8 cm³/mol. The molecule has 0 radical (unpaired) electrons. The van der Waals surface area contributed by atoms with Crippen LogP contribution in [0, 0.1) is 0 Å². The zero-order chi connectivity index (χ0) is 8.43. The summed E-state index contributed by atoms with van der Waals surface area (Å²) in [5.74, 6) is -0.938. The minimum absolute atomic E-state index is 0.00694. The lowest BCUT2D eigenvalue weighted by molar-refractivity contribution is 0.0692. The van der Waals surface area contributed by atoms with E-state index in [-0.39, 0.29) is 16.0 Å². The molecular formula is C5H5BrN2O3. The first-order valence-corrected chi connectivity index (χ1v) is 3.47. The van der Waals surface area contributed by atoms with E-state index in [1.165, 1.54) is 7.11 Å². The molecule has 1 aromatic heterocycles. The van der Waals surface area contributed by atoms with Crippen molar-refractivity contribution in [3.8, 4) is 5.88 Å². The third-order valence-corrected chi connectivity index (χ3v) is 1.68. The third kappa shape index (κ3) is 1.35. The quantitative estimate of drug-likeness (QED) is 0.777. The van der Waals surface area contributed by atoms with E-state index in [0.29, 0.717) is 0 Å². The Kier molecular flexibility index (Phi) is 2.13. The Labute approximate surface area is 70.5 Å². The molecular weight excluding hydrogens is 216 g/mol. The van der Waals surface area contributed by atoms with Crippen molar-refractivity contribution in [3.05, 3.63) is 10.2 Å². The maximum Gasteiger partial charge on any atom is 0.344 e. The van der Waals surface area contributed by atoms with Gasteiger partial charge in [0.1, 0.15) is 4.60 Å². The zero-order valence-electron chi connectivity index (χ0n) is 5.59. The smallest absolute Gasteiger partial charge is 0.344 e. The summed E-state index contributed by atoms with van der Waals surface area (Å²) < 4.78 is 4.94. The van der Waals surface area contributed by atoms with E-state index in [9.17, 15) is 4.79 Å². The van der Waals surface area contributed by atoms with Gasteiger partial charge in [0.25, 0.3) is 0 Å². The number of carbonyl (C=O) groups is 1. The molecule has 0 spiro atoms. The summed E-state index contributed by atoms with van der Waals surface area (Å²) in [5.41, 5.74) is 0.00694. The number of aromatic carboxylic acids is 1. The molecule has 2 N–H and O–H groups in total. The van der Waals surface area contributed by atoms with Gasteiger partial charge in [-0.3, -0.25) is 0 Å². The second-order valence-electron chi connectivity index (χ2n) is 1.73. The highest BCUT2D eigenvalue weighted by atomic mass is 79.9. The van der Waals surface area contributed by atoms with Crippen LogP contribution >= 0.6 is 15.9 Å². The van der Waals surface area contributed by atoms with Crippen molar-refractivity contribution in [3.63, 3.8) is 0 Å². The van der Waals surface area contributed by atoms with Crippen molar-refractivity contribution in [2.24, 2.45) is 0 Å². The average Bonchev–Trinajstić information content (AvgIpc) is 2.30. The van der Waals surface area contributed by atoms with Crippen LogP contribution in [0.25, 0.3) is 0 Å². The van der Waals surface area contributed by atoms with E-state index < -0.39 is 5.97 Å². The molecule has 5 nitrogen and oxygen atoms in total. The van der Waals surface area contributed by atoms with Gasteiger partial charge in [-0.05, 0) is 15.9 Å². The SMILES string of the molecule is COc1[nH]nc(Br)c1C(=O)O. The molecule has 1 heterocycles. The Balaban J connectivity index is 3.17. The summed E-state index contributed by atoms with van der Waals surface area (Å²) in [4.78, 5) is 10.5. The number of aromatic amines is 1. The average molecular weight is 221 g/mol. The maximum atomic E-state index is 10.5. The molecule has 60 valence electrons. The number of H-pyrrole nitrogens is 1. The molecule has 11 heavy (non-hydrogen) atoms. The molecule has 0 aliphatic heterocycles. The van der Waals surface area contributed by atoms with Crippen LogP contribution in [-0.4, -0.2) is 28.4 Å². The Hall–Kier alpha value is -1.04. The number of nitrogens with zero attached hydrogens (tertiary/aromatic N) is 1. The normalized spacial score (nSPS) is 9.64. The molecule has 0 bridgehead atoms. The molecule has 0 aromatic carbocycles. The van der Waals surface area contributed by atoms with Gasteiger partial charge < -0.3 is 9.84 Å². The first-order valence-electron chi connectivity index (χ1n) is 2.68. The van der Waals surface area contributed by atoms with Crippen LogP contribution in [0.2, 0.25) is 0 Å². The molecule has 0 unspecified atom stereocenters. The maximum absolute atomic E-state index is 10.5. The highest BCUT2D eigenvalue weighted by Crippen LogP contribution is 2.22. The number of halogens is 1. The molecule has 0 amide bonds. The zero-order valence-corrected chi connectivity index (χ0v) is 7.17. The summed E-state index contributed by atoms with van der Waals surface area (Å²) in [5, 5.41) is 14.6. The lowest BCUT2D eigenvalue weighted by Gasteiger charge is -1.94. The monoisotopic (exact) mass is 220 g/mol. The van der Waals surface area contributed by atoms with E-state index in [2.05, 4.69) is 26.1 Å². The van der Waals surface area contributed by atoms with Crippen molar-refractivity contribution in [2.75, 3.05) is 7.11 Å². The van der Waals surface area contributed by atoms with Crippen molar-refractivity contribution >= 4 is 21.9 Å². The van der Waals surface area contributed by atoms with Crippen LogP contribution in [-0.2, 0) is 0 Å². The van der Waals surface area contributed by atoms with Gasteiger partial charge in [-0.25, -0.2) is 9.89 Å². The number of hydrogen-bond acceptors (Lipinski definition) is 3. The number of rotatable bonds is 2. The number of nitrogens with one attached hydrogen (secondary N) is 1. The Bertz CT molecular complexity index is 283. The number of carboxylic acid groups (broad SMARTS) is 1. The fourth-order valence-electron chi connectivity index (χ4n) is 0.638. The standard InChI is InChI=1S/C5H5BrN2O3/c1-11-4-2(5(9)10)3(6)7-8-4/h1H3,(H,7,8)(H,9,10). The van der Waals surface area contributed by atoms with Crippen LogP contribution < -0.4 is 4.74 Å². The molecule has 1 rings (SSSR count). The third-order valence-electron chi connectivity index (χ3n) is 1.11. The number of hydrogen-bond donors (Lipinski definition) is 2. The molecule has 0 fully saturated rings. The molecule has 0 saturated carbocycles. The lowest BCUT2D eigenvalue weighted by Crippen LogP contribution is -1.98. The fraction of sp³-hybridized carbons (Fsp3) is 0.200. The number of ether oxygens (including phenoxy) is 1.